The molecule has 18 heavy (non-hydrogen) atoms. The Balaban J connectivity index is 2.05. The number of pyridine rings is 1. The second-order valence-electron chi connectivity index (χ2n) is 4.78. The van der Waals surface area contributed by atoms with Gasteiger partial charge in [0.15, 0.2) is 0 Å². The zero-order valence-corrected chi connectivity index (χ0v) is 11.1. The molecule has 0 radical (unpaired) electrons. The summed E-state index contributed by atoms with van der Waals surface area (Å²) in [6.07, 6.45) is 5.12. The fourth-order valence-corrected chi connectivity index (χ4v) is 2.48. The molecule has 98 valence electrons. The Labute approximate surface area is 108 Å². The molecule has 1 aliphatic rings. The first kappa shape index (κ1) is 13.0. The molecule has 1 aromatic heterocycles. The monoisotopic (exact) mass is 247 g/mol. The van der Waals surface area contributed by atoms with Gasteiger partial charge in [-0.2, -0.15) is 0 Å². The van der Waals surface area contributed by atoms with Gasteiger partial charge in [0, 0.05) is 12.7 Å². The van der Waals surface area contributed by atoms with Crippen molar-refractivity contribution < 1.29 is 4.79 Å². The fourth-order valence-electron chi connectivity index (χ4n) is 2.48. The van der Waals surface area contributed by atoms with Crippen LogP contribution >= 0.6 is 0 Å². The minimum atomic E-state index is -0.178. The summed E-state index contributed by atoms with van der Waals surface area (Å²) < 4.78 is 0. The van der Waals surface area contributed by atoms with Gasteiger partial charge in [-0.15, -0.1) is 0 Å². The summed E-state index contributed by atoms with van der Waals surface area (Å²) in [5.74, 6) is 0.0561. The Hall–Kier alpha value is -1.42. The predicted octanol–water partition coefficient (Wildman–Crippen LogP) is 1.57. The number of nitrogens with one attached hydrogen (secondary N) is 2. The predicted molar refractivity (Wildman–Crippen MR) is 71.2 cm³/mol. The summed E-state index contributed by atoms with van der Waals surface area (Å²) in [4.78, 5) is 16.2. The quantitative estimate of drug-likeness (QED) is 0.849. The van der Waals surface area contributed by atoms with Gasteiger partial charge in [0.1, 0.15) is 0 Å². The molecule has 0 saturated carbocycles. The third-order valence-corrected chi connectivity index (χ3v) is 3.39. The van der Waals surface area contributed by atoms with Crippen LogP contribution in [0.4, 0.5) is 0 Å². The zero-order valence-electron chi connectivity index (χ0n) is 11.1. The van der Waals surface area contributed by atoms with Gasteiger partial charge in [-0.25, -0.2) is 0 Å². The zero-order chi connectivity index (χ0) is 13.0. The van der Waals surface area contributed by atoms with Gasteiger partial charge in [-0.1, -0.05) is 6.07 Å². The third kappa shape index (κ3) is 2.88. The van der Waals surface area contributed by atoms with Crippen LogP contribution < -0.4 is 10.6 Å². The molecular formula is C14H21N3O. The number of likely N-dealkylation sites (N-methyl/N-ethyl adjacent to an activating group) is 1. The van der Waals surface area contributed by atoms with Crippen molar-refractivity contribution in [2.24, 2.45) is 0 Å². The van der Waals surface area contributed by atoms with Crippen LogP contribution in [0.5, 0.6) is 0 Å². The lowest BCUT2D eigenvalue weighted by Gasteiger charge is -2.27. The van der Waals surface area contributed by atoms with Crippen molar-refractivity contribution >= 4 is 5.91 Å². The number of fused-ring (bicyclic) bond motifs is 1. The van der Waals surface area contributed by atoms with Gasteiger partial charge in [-0.05, 0) is 44.7 Å². The van der Waals surface area contributed by atoms with Crippen molar-refractivity contribution in [2.45, 2.75) is 45.2 Å². The van der Waals surface area contributed by atoms with Gasteiger partial charge in [0.2, 0.25) is 5.91 Å². The van der Waals surface area contributed by atoms with E-state index in [9.17, 15) is 4.79 Å². The highest BCUT2D eigenvalue weighted by Crippen LogP contribution is 2.27. The molecule has 0 aliphatic heterocycles. The molecule has 0 bridgehead atoms. The van der Waals surface area contributed by atoms with Gasteiger partial charge >= 0.3 is 0 Å². The number of aromatic nitrogens is 1. The SMILES string of the molecule is CCNC(=O)C(C)NC1CCCc2cccnc21. The van der Waals surface area contributed by atoms with Crippen molar-refractivity contribution in [1.29, 1.82) is 0 Å². The van der Waals surface area contributed by atoms with Crippen LogP contribution in [0, 0.1) is 0 Å². The smallest absolute Gasteiger partial charge is 0.236 e. The van der Waals surface area contributed by atoms with Crippen molar-refractivity contribution in [2.75, 3.05) is 6.54 Å². The number of rotatable bonds is 4. The van der Waals surface area contributed by atoms with Crippen molar-refractivity contribution in [3.8, 4) is 0 Å². The maximum absolute atomic E-state index is 11.7. The second kappa shape index (κ2) is 5.96. The molecule has 2 N–H and O–H groups in total. The van der Waals surface area contributed by atoms with Gasteiger partial charge < -0.3 is 5.32 Å². The van der Waals surface area contributed by atoms with E-state index >= 15 is 0 Å². The lowest BCUT2D eigenvalue weighted by Crippen LogP contribution is -2.44. The van der Waals surface area contributed by atoms with Crippen molar-refractivity contribution in [3.05, 3.63) is 29.6 Å². The number of carbonyl (C=O) groups is 1. The summed E-state index contributed by atoms with van der Waals surface area (Å²) in [5, 5.41) is 6.22. The van der Waals surface area contributed by atoms with E-state index in [0.717, 1.165) is 25.0 Å². The second-order valence-corrected chi connectivity index (χ2v) is 4.78. The van der Waals surface area contributed by atoms with Crippen LogP contribution in [0.1, 0.15) is 44.0 Å². The molecule has 1 heterocycles. The maximum Gasteiger partial charge on any atom is 0.236 e. The Kier molecular flexibility index (Phi) is 4.31. The van der Waals surface area contributed by atoms with Crippen molar-refractivity contribution in [1.82, 2.24) is 15.6 Å². The summed E-state index contributed by atoms with van der Waals surface area (Å²) in [6, 6.07) is 4.14. The molecule has 0 spiro atoms. The molecule has 2 unspecified atom stereocenters. The van der Waals surface area contributed by atoms with E-state index in [2.05, 4.69) is 21.7 Å². The Morgan fingerprint density at radius 2 is 2.44 bits per heavy atom. The third-order valence-electron chi connectivity index (χ3n) is 3.39. The molecule has 0 saturated heterocycles. The molecule has 0 aromatic carbocycles. The fraction of sp³-hybridized carbons (Fsp3) is 0.571. The minimum absolute atomic E-state index is 0.0561. The number of carbonyl (C=O) groups excluding carboxylic acids is 1. The molecule has 0 fully saturated rings. The summed E-state index contributed by atoms with van der Waals surface area (Å²) in [7, 11) is 0. The lowest BCUT2D eigenvalue weighted by molar-refractivity contribution is -0.122. The molecule has 4 heteroatoms. The van der Waals surface area contributed by atoms with Gasteiger partial charge in [-0.3, -0.25) is 15.1 Å². The highest BCUT2D eigenvalue weighted by molar-refractivity contribution is 5.81. The molecule has 2 atom stereocenters. The molecule has 2 rings (SSSR count). The van der Waals surface area contributed by atoms with Crippen LogP contribution in [0.15, 0.2) is 18.3 Å². The van der Waals surface area contributed by atoms with Crippen LogP contribution in [0.2, 0.25) is 0 Å². The number of nitrogens with zero attached hydrogens (tertiary/aromatic N) is 1. The molecule has 4 nitrogen and oxygen atoms in total. The van der Waals surface area contributed by atoms with Crippen LogP contribution in [-0.2, 0) is 11.2 Å². The topological polar surface area (TPSA) is 54.0 Å². The average Bonchev–Trinajstić information content (AvgIpc) is 2.39. The Morgan fingerprint density at radius 1 is 1.61 bits per heavy atom. The molecular weight excluding hydrogens is 226 g/mol. The molecule has 1 amide bonds. The lowest BCUT2D eigenvalue weighted by atomic mass is 9.91. The normalized spacial score (nSPS) is 20.0. The summed E-state index contributed by atoms with van der Waals surface area (Å²) in [5.41, 5.74) is 2.42. The van der Waals surface area contributed by atoms with Crippen LogP contribution in [-0.4, -0.2) is 23.5 Å². The minimum Gasteiger partial charge on any atom is -0.355 e. The van der Waals surface area contributed by atoms with Crippen molar-refractivity contribution in [3.63, 3.8) is 0 Å². The maximum atomic E-state index is 11.7. The van der Waals surface area contributed by atoms with Gasteiger partial charge in [0.05, 0.1) is 17.8 Å². The van der Waals surface area contributed by atoms with E-state index in [0.29, 0.717) is 6.54 Å². The van der Waals surface area contributed by atoms with E-state index in [4.69, 9.17) is 0 Å². The largest absolute Gasteiger partial charge is 0.355 e. The highest BCUT2D eigenvalue weighted by Gasteiger charge is 2.24. The standard InChI is InChI=1S/C14H21N3O/c1-3-15-14(18)10(2)17-12-8-4-6-11-7-5-9-16-13(11)12/h5,7,9-10,12,17H,3-4,6,8H2,1-2H3,(H,15,18). The number of hydrogen-bond donors (Lipinski definition) is 2. The van der Waals surface area contributed by atoms with Gasteiger partial charge in [0.25, 0.3) is 0 Å². The number of aryl methyl sites for hydroxylation is 1. The summed E-state index contributed by atoms with van der Waals surface area (Å²) in [6.45, 7) is 4.51. The molecule has 1 aliphatic carbocycles. The Morgan fingerprint density at radius 3 is 3.22 bits per heavy atom. The number of amides is 1. The number of hydrogen-bond acceptors (Lipinski definition) is 3. The van der Waals surface area contributed by atoms with E-state index in [-0.39, 0.29) is 18.0 Å². The van der Waals surface area contributed by atoms with Crippen LogP contribution in [0.25, 0.3) is 0 Å². The van der Waals surface area contributed by atoms with E-state index in [1.54, 1.807) is 0 Å². The Bertz CT molecular complexity index is 419. The average molecular weight is 247 g/mol. The first-order valence-corrected chi connectivity index (χ1v) is 6.70. The molecule has 1 aromatic rings. The first-order valence-electron chi connectivity index (χ1n) is 6.70. The van der Waals surface area contributed by atoms with Crippen LogP contribution in [0.3, 0.4) is 0 Å². The first-order chi connectivity index (χ1) is 8.72. The summed E-state index contributed by atoms with van der Waals surface area (Å²) >= 11 is 0. The van der Waals surface area contributed by atoms with E-state index in [1.807, 2.05) is 26.1 Å². The highest BCUT2D eigenvalue weighted by atomic mass is 16.2. The van der Waals surface area contributed by atoms with E-state index in [1.165, 1.54) is 5.56 Å². The van der Waals surface area contributed by atoms with E-state index < -0.39 is 0 Å².